The molecule has 6 heteroatoms. The Balaban J connectivity index is 1.43. The number of benzene rings is 2. The number of nitrogens with one attached hydrogen (secondary N) is 2. The molecule has 0 bridgehead atoms. The van der Waals surface area contributed by atoms with E-state index in [4.69, 9.17) is 16.1 Å². The maximum Gasteiger partial charge on any atom is 0.228 e. The van der Waals surface area contributed by atoms with Crippen LogP contribution in [0.2, 0.25) is 0 Å². The SMILES string of the molecule is C#CC(C)(C)CCCc1cccc2c(Oc3ncccc3-c3ccnc(N[C@H]4CCCNC4)n3)c(C)ccc12. The van der Waals surface area contributed by atoms with Crippen LogP contribution < -0.4 is 15.4 Å². The monoisotopic (exact) mass is 519 g/mol. The summed E-state index contributed by atoms with van der Waals surface area (Å²) in [5.74, 6) is 4.87. The fraction of sp³-hybridized carbons (Fsp3) is 0.364. The summed E-state index contributed by atoms with van der Waals surface area (Å²) >= 11 is 0. The molecule has 1 fully saturated rings. The largest absolute Gasteiger partial charge is 0.437 e. The van der Waals surface area contributed by atoms with Crippen molar-refractivity contribution in [3.63, 3.8) is 0 Å². The van der Waals surface area contributed by atoms with Gasteiger partial charge in [-0.3, -0.25) is 0 Å². The van der Waals surface area contributed by atoms with Crippen LogP contribution in [-0.4, -0.2) is 34.1 Å². The molecule has 1 atom stereocenters. The molecule has 1 aliphatic rings. The van der Waals surface area contributed by atoms with Crippen molar-refractivity contribution in [1.82, 2.24) is 20.3 Å². The van der Waals surface area contributed by atoms with E-state index in [0.717, 1.165) is 73.2 Å². The normalized spacial score (nSPS) is 15.6. The van der Waals surface area contributed by atoms with Crippen LogP contribution in [0.25, 0.3) is 22.0 Å². The van der Waals surface area contributed by atoms with Crippen LogP contribution in [0.5, 0.6) is 11.6 Å². The van der Waals surface area contributed by atoms with Gasteiger partial charge in [0, 0.05) is 35.8 Å². The molecule has 2 aromatic carbocycles. The predicted octanol–water partition coefficient (Wildman–Crippen LogP) is 6.94. The highest BCUT2D eigenvalue weighted by atomic mass is 16.5. The lowest BCUT2D eigenvalue weighted by Gasteiger charge is -2.23. The van der Waals surface area contributed by atoms with Gasteiger partial charge in [-0.15, -0.1) is 12.3 Å². The highest BCUT2D eigenvalue weighted by Gasteiger charge is 2.18. The lowest BCUT2D eigenvalue weighted by atomic mass is 9.87. The summed E-state index contributed by atoms with van der Waals surface area (Å²) in [5.41, 5.74) is 3.87. The van der Waals surface area contributed by atoms with Gasteiger partial charge in [0.1, 0.15) is 5.75 Å². The molecule has 1 saturated heterocycles. The van der Waals surface area contributed by atoms with Gasteiger partial charge in [0.05, 0.1) is 11.3 Å². The first-order chi connectivity index (χ1) is 18.9. The van der Waals surface area contributed by atoms with E-state index in [9.17, 15) is 0 Å². The van der Waals surface area contributed by atoms with Crippen LogP contribution >= 0.6 is 0 Å². The molecule has 1 aliphatic heterocycles. The molecule has 0 spiro atoms. The zero-order valence-corrected chi connectivity index (χ0v) is 23.1. The van der Waals surface area contributed by atoms with Crippen molar-refractivity contribution in [2.75, 3.05) is 18.4 Å². The smallest absolute Gasteiger partial charge is 0.228 e. The molecule has 0 unspecified atom stereocenters. The fourth-order valence-electron chi connectivity index (χ4n) is 5.15. The molecular weight excluding hydrogens is 482 g/mol. The second-order valence-electron chi connectivity index (χ2n) is 11.0. The van der Waals surface area contributed by atoms with Gasteiger partial charge in [0.25, 0.3) is 0 Å². The fourth-order valence-corrected chi connectivity index (χ4v) is 5.15. The molecule has 200 valence electrons. The maximum absolute atomic E-state index is 6.60. The second kappa shape index (κ2) is 11.8. The van der Waals surface area contributed by atoms with E-state index in [2.05, 4.69) is 77.6 Å². The summed E-state index contributed by atoms with van der Waals surface area (Å²) in [5, 5.41) is 9.18. The van der Waals surface area contributed by atoms with Gasteiger partial charge in [0.15, 0.2) is 0 Å². The number of ether oxygens (including phenoxy) is 1. The van der Waals surface area contributed by atoms with Gasteiger partial charge in [-0.05, 0) is 94.1 Å². The van der Waals surface area contributed by atoms with Gasteiger partial charge in [0.2, 0.25) is 11.8 Å². The summed E-state index contributed by atoms with van der Waals surface area (Å²) in [6, 6.07) is 16.9. The number of piperidine rings is 1. The minimum absolute atomic E-state index is 0.0888. The van der Waals surface area contributed by atoms with Crippen LogP contribution in [0, 0.1) is 24.7 Å². The molecule has 3 heterocycles. The Morgan fingerprint density at radius 2 is 1.97 bits per heavy atom. The minimum atomic E-state index is -0.0888. The molecular formula is C33H37N5O. The van der Waals surface area contributed by atoms with Gasteiger partial charge >= 0.3 is 0 Å². The first-order valence-electron chi connectivity index (χ1n) is 13.9. The van der Waals surface area contributed by atoms with Crippen LogP contribution in [0.4, 0.5) is 5.95 Å². The summed E-state index contributed by atoms with van der Waals surface area (Å²) in [6.07, 6.45) is 14.5. The summed E-state index contributed by atoms with van der Waals surface area (Å²) in [6.45, 7) is 8.30. The topological polar surface area (TPSA) is 72.0 Å². The lowest BCUT2D eigenvalue weighted by molar-refractivity contribution is 0.441. The summed E-state index contributed by atoms with van der Waals surface area (Å²) in [4.78, 5) is 13.9. The van der Waals surface area contributed by atoms with Crippen molar-refractivity contribution < 1.29 is 4.74 Å². The second-order valence-corrected chi connectivity index (χ2v) is 11.0. The minimum Gasteiger partial charge on any atom is -0.437 e. The highest BCUT2D eigenvalue weighted by molar-refractivity contribution is 5.92. The molecule has 2 N–H and O–H groups in total. The van der Waals surface area contributed by atoms with E-state index < -0.39 is 0 Å². The average Bonchev–Trinajstić information content (AvgIpc) is 2.95. The Morgan fingerprint density at radius 1 is 1.08 bits per heavy atom. The third-order valence-corrected chi connectivity index (χ3v) is 7.47. The first kappa shape index (κ1) is 26.6. The number of fused-ring (bicyclic) bond motifs is 1. The number of hydrogen-bond donors (Lipinski definition) is 2. The number of hydrogen-bond acceptors (Lipinski definition) is 6. The van der Waals surface area contributed by atoms with Crippen molar-refractivity contribution in [3.05, 3.63) is 72.1 Å². The maximum atomic E-state index is 6.60. The summed E-state index contributed by atoms with van der Waals surface area (Å²) in [7, 11) is 0. The molecule has 4 aromatic rings. The Kier molecular flexibility index (Phi) is 8.09. The van der Waals surface area contributed by atoms with Gasteiger partial charge in [-0.25, -0.2) is 15.0 Å². The van der Waals surface area contributed by atoms with Crippen molar-refractivity contribution in [1.29, 1.82) is 0 Å². The Morgan fingerprint density at radius 3 is 2.79 bits per heavy atom. The molecule has 2 aromatic heterocycles. The molecule has 0 radical (unpaired) electrons. The van der Waals surface area contributed by atoms with Crippen molar-refractivity contribution in [2.24, 2.45) is 5.41 Å². The van der Waals surface area contributed by atoms with Crippen LogP contribution in [0.15, 0.2) is 60.9 Å². The standard InChI is InChI=1S/C33H37N5O/c1-5-33(3,4)18-7-11-24-10-6-13-27-26(24)16-15-23(2)30(27)39-31-28(14-9-20-35-31)29-17-21-36-32(38-29)37-25-12-8-19-34-22-25/h1,6,9-10,13-17,20-21,25,34H,7-8,11-12,18-19,22H2,2-4H3,(H,36,37,38)/t25-/m0/s1. The number of aryl methyl sites for hydroxylation is 2. The summed E-state index contributed by atoms with van der Waals surface area (Å²) < 4.78 is 6.60. The lowest BCUT2D eigenvalue weighted by Crippen LogP contribution is -2.38. The van der Waals surface area contributed by atoms with Crippen molar-refractivity contribution in [2.45, 2.75) is 58.9 Å². The third kappa shape index (κ3) is 6.38. The average molecular weight is 520 g/mol. The number of anilines is 1. The van der Waals surface area contributed by atoms with E-state index in [-0.39, 0.29) is 5.41 Å². The molecule has 0 amide bonds. The number of nitrogens with zero attached hydrogens (tertiary/aromatic N) is 3. The third-order valence-electron chi connectivity index (χ3n) is 7.47. The molecule has 0 saturated carbocycles. The van der Waals surface area contributed by atoms with Crippen LogP contribution in [-0.2, 0) is 6.42 Å². The number of terminal acetylenes is 1. The van der Waals surface area contributed by atoms with Gasteiger partial charge in [-0.1, -0.05) is 30.3 Å². The van der Waals surface area contributed by atoms with Crippen molar-refractivity contribution in [3.8, 4) is 35.2 Å². The predicted molar refractivity (Wildman–Crippen MR) is 159 cm³/mol. The Hall–Kier alpha value is -3.95. The molecule has 0 aliphatic carbocycles. The molecule has 6 nitrogen and oxygen atoms in total. The molecule has 5 rings (SSSR count). The Labute approximate surface area is 231 Å². The van der Waals surface area contributed by atoms with E-state index in [0.29, 0.717) is 17.9 Å². The number of rotatable bonds is 9. The first-order valence-corrected chi connectivity index (χ1v) is 13.9. The Bertz CT molecular complexity index is 1480. The quantitative estimate of drug-likeness (QED) is 0.233. The number of aromatic nitrogens is 3. The number of pyridine rings is 1. The highest BCUT2D eigenvalue weighted by Crippen LogP contribution is 2.38. The van der Waals surface area contributed by atoms with Crippen LogP contribution in [0.3, 0.4) is 0 Å². The zero-order chi connectivity index (χ0) is 27.2. The van der Waals surface area contributed by atoms with E-state index in [1.165, 1.54) is 10.9 Å². The zero-order valence-electron chi connectivity index (χ0n) is 23.1. The van der Waals surface area contributed by atoms with E-state index in [1.807, 2.05) is 18.2 Å². The van der Waals surface area contributed by atoms with E-state index in [1.54, 1.807) is 12.4 Å². The molecule has 39 heavy (non-hydrogen) atoms. The van der Waals surface area contributed by atoms with Gasteiger partial charge in [-0.2, -0.15) is 0 Å². The van der Waals surface area contributed by atoms with Gasteiger partial charge < -0.3 is 15.4 Å². The van der Waals surface area contributed by atoms with E-state index >= 15 is 0 Å². The van der Waals surface area contributed by atoms with Crippen molar-refractivity contribution >= 4 is 16.7 Å². The van der Waals surface area contributed by atoms with Crippen LogP contribution in [0.1, 0.15) is 50.7 Å².